The first-order valence-electron chi connectivity index (χ1n) is 6.28. The number of hydrogen-bond donors (Lipinski definition) is 0. The highest BCUT2D eigenvalue weighted by Gasteiger charge is 2.43. The van der Waals surface area contributed by atoms with Crippen molar-refractivity contribution in [2.75, 3.05) is 6.54 Å². The normalized spacial score (nSPS) is 17.9. The maximum atomic E-state index is 12.9. The van der Waals surface area contributed by atoms with E-state index in [4.69, 9.17) is 23.2 Å². The van der Waals surface area contributed by atoms with Crippen LogP contribution in [0.25, 0.3) is 0 Å². The summed E-state index contributed by atoms with van der Waals surface area (Å²) in [6, 6.07) is 4.43. The number of amides is 2. The van der Waals surface area contributed by atoms with Crippen LogP contribution in [-0.4, -0.2) is 45.1 Å². The number of ketones is 2. The Kier molecular flexibility index (Phi) is 6.37. The zero-order chi connectivity index (χ0) is 16.4. The molecule has 1 saturated heterocycles. The fraction of sp³-hybridized carbons (Fsp3) is 0.286. The van der Waals surface area contributed by atoms with Crippen molar-refractivity contribution in [1.82, 2.24) is 4.90 Å². The van der Waals surface area contributed by atoms with E-state index in [1.807, 2.05) is 0 Å². The zero-order valence-corrected chi connectivity index (χ0v) is 13.1. The molecule has 2 N–H and O–H groups in total. The van der Waals surface area contributed by atoms with Gasteiger partial charge >= 0.3 is 0 Å². The molecule has 1 aliphatic rings. The highest BCUT2D eigenvalue weighted by atomic mass is 35.5. The van der Waals surface area contributed by atoms with Crippen LogP contribution in [-0.2, 0) is 14.4 Å². The van der Waals surface area contributed by atoms with Crippen LogP contribution in [0, 0.1) is 11.7 Å². The molecule has 1 fully saturated rings. The summed E-state index contributed by atoms with van der Waals surface area (Å²) in [5.74, 6) is -5.39. The van der Waals surface area contributed by atoms with Crippen molar-refractivity contribution in [3.8, 4) is 0 Å². The van der Waals surface area contributed by atoms with Gasteiger partial charge in [-0.15, -0.1) is 0 Å². The van der Waals surface area contributed by atoms with Crippen LogP contribution >= 0.6 is 23.2 Å². The van der Waals surface area contributed by atoms with E-state index >= 15 is 0 Å². The lowest BCUT2D eigenvalue weighted by molar-refractivity contribution is -0.150. The topological polar surface area (TPSA) is 103 Å². The van der Waals surface area contributed by atoms with Gasteiger partial charge in [0.25, 0.3) is 5.91 Å². The van der Waals surface area contributed by atoms with Gasteiger partial charge in [0, 0.05) is 18.5 Å². The largest absolute Gasteiger partial charge is 0.412 e. The molecule has 0 aliphatic carbocycles. The first-order valence-corrected chi connectivity index (χ1v) is 7.16. The lowest BCUT2D eigenvalue weighted by Crippen LogP contribution is -2.52. The SMILES string of the molecule is O.O=C1CCN(C(=O)C(Cl)Cl)C(=O)C1C(=O)c1ccc(F)cc1. The second-order valence-electron chi connectivity index (χ2n) is 4.65. The van der Waals surface area contributed by atoms with Gasteiger partial charge in [-0.3, -0.25) is 24.1 Å². The minimum absolute atomic E-state index is 0. The highest BCUT2D eigenvalue weighted by Crippen LogP contribution is 2.22. The molecule has 0 bridgehead atoms. The van der Waals surface area contributed by atoms with E-state index in [0.717, 1.165) is 12.1 Å². The number of likely N-dealkylation sites (tertiary alicyclic amines) is 1. The average Bonchev–Trinajstić information content (AvgIpc) is 2.47. The van der Waals surface area contributed by atoms with E-state index in [-0.39, 0.29) is 24.0 Å². The maximum Gasteiger partial charge on any atom is 0.262 e. The molecule has 2 amide bonds. The summed E-state index contributed by atoms with van der Waals surface area (Å²) in [6.45, 7) is -0.167. The van der Waals surface area contributed by atoms with Gasteiger partial charge in [0.15, 0.2) is 22.3 Å². The third-order valence-electron chi connectivity index (χ3n) is 3.26. The maximum absolute atomic E-state index is 12.9. The molecule has 0 saturated carbocycles. The van der Waals surface area contributed by atoms with Gasteiger partial charge in [-0.25, -0.2) is 4.39 Å². The third-order valence-corrected chi connectivity index (χ3v) is 3.63. The molecule has 1 aromatic rings. The van der Waals surface area contributed by atoms with Crippen molar-refractivity contribution < 1.29 is 29.0 Å². The molecule has 1 aromatic carbocycles. The second kappa shape index (κ2) is 7.63. The number of rotatable bonds is 3. The van der Waals surface area contributed by atoms with Crippen molar-refractivity contribution in [2.45, 2.75) is 11.3 Å². The van der Waals surface area contributed by atoms with Crippen molar-refractivity contribution in [2.24, 2.45) is 5.92 Å². The number of piperidine rings is 1. The standard InChI is InChI=1S/C14H10Cl2FNO4.H2O/c15-12(16)14(22)18-6-5-9(19)10(13(18)21)11(20)7-1-3-8(17)4-2-7;/h1-4,10,12H,5-6H2;1H2. The average molecular weight is 364 g/mol. The molecule has 6 nitrogen and oxygen atoms in total. The minimum atomic E-state index is -1.63. The van der Waals surface area contributed by atoms with Crippen LogP contribution in [0.3, 0.4) is 0 Å². The summed E-state index contributed by atoms with van der Waals surface area (Å²) >= 11 is 10.9. The van der Waals surface area contributed by atoms with E-state index in [2.05, 4.69) is 0 Å². The molecule has 1 atom stereocenters. The van der Waals surface area contributed by atoms with Crippen LogP contribution in [0.15, 0.2) is 24.3 Å². The van der Waals surface area contributed by atoms with Gasteiger partial charge in [0.2, 0.25) is 5.91 Å². The quantitative estimate of drug-likeness (QED) is 0.452. The number of benzene rings is 1. The van der Waals surface area contributed by atoms with Gasteiger partial charge in [-0.05, 0) is 24.3 Å². The zero-order valence-electron chi connectivity index (χ0n) is 11.6. The van der Waals surface area contributed by atoms with Crippen molar-refractivity contribution in [3.05, 3.63) is 35.6 Å². The van der Waals surface area contributed by atoms with Crippen LogP contribution in [0.4, 0.5) is 4.39 Å². The van der Waals surface area contributed by atoms with Gasteiger partial charge in [0.1, 0.15) is 5.82 Å². The molecule has 0 aromatic heterocycles. The Bertz CT molecular complexity index is 647. The summed E-state index contributed by atoms with van der Waals surface area (Å²) in [4.78, 5) is 47.4. The smallest absolute Gasteiger partial charge is 0.262 e. The third kappa shape index (κ3) is 3.93. The summed E-state index contributed by atoms with van der Waals surface area (Å²) in [5, 5.41) is 0. The summed E-state index contributed by atoms with van der Waals surface area (Å²) in [5.41, 5.74) is 0.00990. The lowest BCUT2D eigenvalue weighted by Gasteiger charge is -2.29. The number of Topliss-reactive ketones (excluding diaryl/α,β-unsaturated/α-hetero) is 2. The fourth-order valence-corrected chi connectivity index (χ4v) is 2.38. The summed E-state index contributed by atoms with van der Waals surface area (Å²) in [7, 11) is 0. The number of hydrogen-bond acceptors (Lipinski definition) is 4. The van der Waals surface area contributed by atoms with Crippen LogP contribution in [0.2, 0.25) is 0 Å². The first-order chi connectivity index (χ1) is 10.3. The number of imide groups is 1. The van der Waals surface area contributed by atoms with E-state index < -0.39 is 40.0 Å². The Labute approximate surface area is 140 Å². The van der Waals surface area contributed by atoms with E-state index in [9.17, 15) is 23.6 Å². The van der Waals surface area contributed by atoms with Gasteiger partial charge in [0.05, 0.1) is 0 Å². The predicted octanol–water partition coefficient (Wildman–Crippen LogP) is 0.932. The monoisotopic (exact) mass is 363 g/mol. The molecule has 2 rings (SSSR count). The molecule has 1 unspecified atom stereocenters. The molecule has 1 heterocycles. The van der Waals surface area contributed by atoms with Crippen molar-refractivity contribution in [3.63, 3.8) is 0 Å². The second-order valence-corrected chi connectivity index (χ2v) is 5.75. The Morgan fingerprint density at radius 2 is 1.74 bits per heavy atom. The summed E-state index contributed by atoms with van der Waals surface area (Å²) < 4.78 is 12.9. The molecule has 124 valence electrons. The molecule has 1 aliphatic heterocycles. The van der Waals surface area contributed by atoms with E-state index in [1.54, 1.807) is 0 Å². The molecule has 9 heteroatoms. The molecule has 0 radical (unpaired) electrons. The van der Waals surface area contributed by atoms with Crippen LogP contribution in [0.5, 0.6) is 0 Å². The Balaban J connectivity index is 0.00000264. The predicted molar refractivity (Wildman–Crippen MR) is 79.7 cm³/mol. The number of halogens is 3. The minimum Gasteiger partial charge on any atom is -0.412 e. The molecular formula is C14H12Cl2FNO5. The van der Waals surface area contributed by atoms with Gasteiger partial charge < -0.3 is 5.48 Å². The fourth-order valence-electron chi connectivity index (χ4n) is 2.15. The highest BCUT2D eigenvalue weighted by molar-refractivity contribution is 6.54. The first kappa shape index (κ1) is 19.2. The molecular weight excluding hydrogens is 352 g/mol. The molecule has 23 heavy (non-hydrogen) atoms. The van der Waals surface area contributed by atoms with Gasteiger partial charge in [-0.1, -0.05) is 23.2 Å². The van der Waals surface area contributed by atoms with Crippen molar-refractivity contribution >= 4 is 46.6 Å². The number of alkyl halides is 2. The Hall–Kier alpha value is -1.83. The Morgan fingerprint density at radius 3 is 2.26 bits per heavy atom. The summed E-state index contributed by atoms with van der Waals surface area (Å²) in [6.07, 6.45) is -0.157. The van der Waals surface area contributed by atoms with E-state index in [1.165, 1.54) is 12.1 Å². The number of carbonyl (C=O) groups excluding carboxylic acids is 4. The molecule has 0 spiro atoms. The lowest BCUT2D eigenvalue weighted by atomic mass is 9.88. The number of nitrogens with zero attached hydrogens (tertiary/aromatic N) is 1. The van der Waals surface area contributed by atoms with E-state index in [0.29, 0.717) is 4.90 Å². The van der Waals surface area contributed by atoms with Gasteiger partial charge in [-0.2, -0.15) is 0 Å². The Morgan fingerprint density at radius 1 is 1.17 bits per heavy atom. The number of carbonyl (C=O) groups is 4. The van der Waals surface area contributed by atoms with Crippen LogP contribution in [0.1, 0.15) is 16.8 Å². The van der Waals surface area contributed by atoms with Crippen LogP contribution < -0.4 is 0 Å². The van der Waals surface area contributed by atoms with Crippen molar-refractivity contribution in [1.29, 1.82) is 0 Å².